The number of nitrogens with two attached hydrogens (primary N) is 1. The van der Waals surface area contributed by atoms with Gasteiger partial charge in [-0.25, -0.2) is 34.3 Å². The van der Waals surface area contributed by atoms with E-state index in [1.165, 1.54) is 18.5 Å². The lowest BCUT2D eigenvalue weighted by Crippen LogP contribution is -1.96. The molecule has 0 aliphatic carbocycles. The Balaban J connectivity index is 1.54. The number of hydrogen-bond donors (Lipinski definition) is 1. The van der Waals surface area contributed by atoms with E-state index >= 15 is 4.39 Å². The van der Waals surface area contributed by atoms with Crippen LogP contribution in [0.4, 0.5) is 10.2 Å². The highest BCUT2D eigenvalue weighted by atomic mass is 19.1. The number of aromatic nitrogens is 7. The Morgan fingerprint density at radius 3 is 2.63 bits per heavy atom. The minimum Gasteiger partial charge on any atom is -0.421 e. The molecule has 9 nitrogen and oxygen atoms in total. The Kier molecular flexibility index (Phi) is 5.39. The highest BCUT2D eigenvalue weighted by Crippen LogP contribution is 2.43. The molecule has 2 N–H and O–H groups in total. The van der Waals surface area contributed by atoms with Crippen molar-refractivity contribution in [2.75, 3.05) is 5.73 Å². The molecule has 0 saturated heterocycles. The zero-order valence-electron chi connectivity index (χ0n) is 20.3. The summed E-state index contributed by atoms with van der Waals surface area (Å²) in [7, 11) is 1.87. The van der Waals surface area contributed by atoms with Gasteiger partial charge < -0.3 is 15.0 Å². The summed E-state index contributed by atoms with van der Waals surface area (Å²) in [4.78, 5) is 25.5. The lowest BCUT2D eigenvalue weighted by atomic mass is 9.98. The Morgan fingerprint density at radius 1 is 1.00 bits per heavy atom. The average molecular weight is 503 g/mol. The highest BCUT2D eigenvalue weighted by molar-refractivity contribution is 6.08. The zero-order chi connectivity index (χ0) is 26.4. The molecule has 4 heterocycles. The van der Waals surface area contributed by atoms with Crippen molar-refractivity contribution >= 4 is 27.8 Å². The van der Waals surface area contributed by atoms with E-state index in [-0.39, 0.29) is 17.6 Å². The van der Waals surface area contributed by atoms with E-state index in [9.17, 15) is 0 Å². The number of nitrogen functional groups attached to an aromatic ring is 1. The molecular weight excluding hydrogens is 483 g/mol. The molecule has 0 saturated carbocycles. The van der Waals surface area contributed by atoms with E-state index in [1.54, 1.807) is 31.5 Å². The normalized spacial score (nSPS) is 11.1. The average Bonchev–Trinajstić information content (AvgIpc) is 3.22. The largest absolute Gasteiger partial charge is 0.421 e. The molecule has 4 aromatic heterocycles. The summed E-state index contributed by atoms with van der Waals surface area (Å²) in [6.07, 6.45) is 10.1. The Labute approximate surface area is 216 Å². The summed E-state index contributed by atoms with van der Waals surface area (Å²) in [5, 5.41) is 1.41. The van der Waals surface area contributed by atoms with Crippen LogP contribution in [0.1, 0.15) is 11.5 Å². The van der Waals surface area contributed by atoms with Gasteiger partial charge in [0.15, 0.2) is 11.6 Å². The van der Waals surface area contributed by atoms with Gasteiger partial charge in [0, 0.05) is 36.1 Å². The van der Waals surface area contributed by atoms with Crippen LogP contribution >= 0.6 is 0 Å². The molecule has 0 spiro atoms. The van der Waals surface area contributed by atoms with Crippen molar-refractivity contribution < 1.29 is 9.13 Å². The second-order valence-corrected chi connectivity index (χ2v) is 8.58. The molecule has 6 aromatic rings. The molecule has 0 aliphatic heterocycles. The van der Waals surface area contributed by atoms with Crippen molar-refractivity contribution in [1.29, 1.82) is 0 Å². The third-order valence-electron chi connectivity index (χ3n) is 6.17. The molecule has 0 bridgehead atoms. The molecule has 0 unspecified atom stereocenters. The van der Waals surface area contributed by atoms with Crippen LogP contribution in [0.3, 0.4) is 0 Å². The first-order chi connectivity index (χ1) is 18.4. The van der Waals surface area contributed by atoms with Gasteiger partial charge in [-0.1, -0.05) is 12.1 Å². The standard InChI is InChI=1S/C28H19FN8O/c1-4-22-32-13-18-11-17(5-7-20(18)36-22)25-23(24-26(30)33-14-34-27(24)37(25)3)16-6-8-21(19(29)12-16)38-28-31-10-9-15(2)35-28/h1,5-14H,2-3H3,(H2,30,33,34). The van der Waals surface area contributed by atoms with E-state index in [4.69, 9.17) is 16.9 Å². The number of fused-ring (bicyclic) bond motifs is 2. The maximum absolute atomic E-state index is 15.4. The van der Waals surface area contributed by atoms with Crippen LogP contribution in [0.15, 0.2) is 61.2 Å². The first-order valence-corrected chi connectivity index (χ1v) is 11.5. The Bertz CT molecular complexity index is 1930. The lowest BCUT2D eigenvalue weighted by molar-refractivity contribution is 0.410. The number of terminal acetylenes is 1. The van der Waals surface area contributed by atoms with Crippen molar-refractivity contribution in [2.45, 2.75) is 6.92 Å². The monoisotopic (exact) mass is 502 g/mol. The maximum atomic E-state index is 15.4. The van der Waals surface area contributed by atoms with Gasteiger partial charge in [0.1, 0.15) is 17.8 Å². The number of halogens is 1. The zero-order valence-corrected chi connectivity index (χ0v) is 20.3. The maximum Gasteiger partial charge on any atom is 0.322 e. The fourth-order valence-corrected chi connectivity index (χ4v) is 4.46. The fourth-order valence-electron chi connectivity index (χ4n) is 4.46. The van der Waals surface area contributed by atoms with Crippen molar-refractivity contribution in [1.82, 2.24) is 34.5 Å². The second-order valence-electron chi connectivity index (χ2n) is 8.58. The van der Waals surface area contributed by atoms with E-state index in [0.29, 0.717) is 39.2 Å². The minimum absolute atomic E-state index is 0.00229. The van der Waals surface area contributed by atoms with Crippen molar-refractivity contribution in [3.63, 3.8) is 0 Å². The van der Waals surface area contributed by atoms with Gasteiger partial charge in [-0.05, 0) is 54.3 Å². The molecule has 0 aliphatic rings. The summed E-state index contributed by atoms with van der Waals surface area (Å²) in [5.41, 5.74) is 11.2. The molecule has 0 fully saturated rings. The topological polar surface area (TPSA) is 118 Å². The predicted octanol–water partition coefficient (Wildman–Crippen LogP) is 4.84. The van der Waals surface area contributed by atoms with Crippen molar-refractivity contribution in [3.8, 4) is 46.5 Å². The number of ether oxygens (including phenoxy) is 1. The number of nitrogens with zero attached hydrogens (tertiary/aromatic N) is 7. The molecule has 0 radical (unpaired) electrons. The van der Waals surface area contributed by atoms with Crippen LogP contribution in [0.2, 0.25) is 0 Å². The molecule has 6 rings (SSSR count). The van der Waals surface area contributed by atoms with Crippen LogP contribution in [0.25, 0.3) is 44.3 Å². The summed E-state index contributed by atoms with van der Waals surface area (Å²) in [6, 6.07) is 12.2. The lowest BCUT2D eigenvalue weighted by Gasteiger charge is -2.11. The fraction of sp³-hybridized carbons (Fsp3) is 0.0714. The van der Waals surface area contributed by atoms with Crippen LogP contribution in [0, 0.1) is 25.1 Å². The van der Waals surface area contributed by atoms with Crippen LogP contribution in [-0.4, -0.2) is 34.5 Å². The van der Waals surface area contributed by atoms with Gasteiger partial charge in [-0.2, -0.15) is 0 Å². The van der Waals surface area contributed by atoms with Crippen LogP contribution < -0.4 is 10.5 Å². The molecule has 2 aromatic carbocycles. The van der Waals surface area contributed by atoms with Crippen molar-refractivity contribution in [2.24, 2.45) is 7.05 Å². The number of aryl methyl sites for hydroxylation is 2. The van der Waals surface area contributed by atoms with Gasteiger partial charge in [0.25, 0.3) is 0 Å². The van der Waals surface area contributed by atoms with E-state index < -0.39 is 5.82 Å². The molecule has 10 heteroatoms. The van der Waals surface area contributed by atoms with Crippen LogP contribution in [0.5, 0.6) is 11.8 Å². The Morgan fingerprint density at radius 2 is 1.84 bits per heavy atom. The molecule has 38 heavy (non-hydrogen) atoms. The molecule has 184 valence electrons. The quantitative estimate of drug-likeness (QED) is 0.340. The molecule has 0 atom stereocenters. The third kappa shape index (κ3) is 3.83. The number of rotatable bonds is 4. The third-order valence-corrected chi connectivity index (χ3v) is 6.17. The van der Waals surface area contributed by atoms with Gasteiger partial charge in [-0.3, -0.25) is 0 Å². The first kappa shape index (κ1) is 23.0. The molecule has 0 amide bonds. The minimum atomic E-state index is -0.584. The number of anilines is 1. The summed E-state index contributed by atoms with van der Waals surface area (Å²) in [6.45, 7) is 1.80. The number of hydrogen-bond acceptors (Lipinski definition) is 8. The van der Waals surface area contributed by atoms with Gasteiger partial charge in [0.05, 0.1) is 16.6 Å². The van der Waals surface area contributed by atoms with Gasteiger partial charge >= 0.3 is 6.01 Å². The summed E-state index contributed by atoms with van der Waals surface area (Å²) in [5.74, 6) is 2.46. The smallest absolute Gasteiger partial charge is 0.322 e. The molecular formula is C28H19FN8O. The summed E-state index contributed by atoms with van der Waals surface area (Å²) < 4.78 is 22.9. The predicted molar refractivity (Wildman–Crippen MR) is 142 cm³/mol. The SMILES string of the molecule is C#Cc1ncc2cc(-c3c(-c4ccc(Oc5nccc(C)n5)c(F)c4)c4c(N)ncnc4n3C)ccc2n1. The van der Waals surface area contributed by atoms with Gasteiger partial charge in [-0.15, -0.1) is 6.42 Å². The number of benzene rings is 2. The van der Waals surface area contributed by atoms with E-state index in [0.717, 1.165) is 16.6 Å². The Hall–Kier alpha value is -5.43. The first-order valence-electron chi connectivity index (χ1n) is 11.5. The second kappa shape index (κ2) is 8.90. The van der Waals surface area contributed by atoms with E-state index in [1.807, 2.05) is 29.8 Å². The summed E-state index contributed by atoms with van der Waals surface area (Å²) >= 11 is 0. The highest BCUT2D eigenvalue weighted by Gasteiger charge is 2.23. The van der Waals surface area contributed by atoms with Crippen molar-refractivity contribution in [3.05, 3.63) is 78.5 Å². The van der Waals surface area contributed by atoms with Crippen LogP contribution in [-0.2, 0) is 7.05 Å². The van der Waals surface area contributed by atoms with Gasteiger partial charge in [0.2, 0.25) is 5.82 Å². The van der Waals surface area contributed by atoms with E-state index in [2.05, 4.69) is 35.8 Å².